The van der Waals surface area contributed by atoms with E-state index in [9.17, 15) is 0 Å². The zero-order valence-corrected chi connectivity index (χ0v) is 12.3. The Hall–Kier alpha value is -0.970. The van der Waals surface area contributed by atoms with Crippen molar-refractivity contribution in [3.8, 4) is 5.75 Å². The van der Waals surface area contributed by atoms with Crippen LogP contribution < -0.4 is 15.8 Å². The van der Waals surface area contributed by atoms with Gasteiger partial charge in [0.05, 0.1) is 6.10 Å². The van der Waals surface area contributed by atoms with Gasteiger partial charge in [0.1, 0.15) is 0 Å². The van der Waals surface area contributed by atoms with Crippen molar-refractivity contribution in [2.75, 3.05) is 17.6 Å². The predicted molar refractivity (Wildman–Crippen MR) is 77.4 cm³/mol. The van der Waals surface area contributed by atoms with E-state index in [0.717, 1.165) is 17.3 Å². The molecule has 0 spiro atoms. The molecule has 18 heavy (non-hydrogen) atoms. The number of aromatic nitrogens is 1. The lowest BCUT2D eigenvalue weighted by molar-refractivity contribution is 0.245. The Balaban J connectivity index is 2.00. The normalized spacial score (nSPS) is 18.2. The van der Waals surface area contributed by atoms with Crippen molar-refractivity contribution >= 4 is 22.4 Å². The number of nitrogens with two attached hydrogens (primary N) is 1. The molecule has 1 aliphatic carbocycles. The summed E-state index contributed by atoms with van der Waals surface area (Å²) in [6.45, 7) is 7.32. The van der Waals surface area contributed by atoms with E-state index in [1.807, 2.05) is 13.8 Å². The van der Waals surface area contributed by atoms with Crippen LogP contribution in [0.3, 0.4) is 0 Å². The van der Waals surface area contributed by atoms with Gasteiger partial charge in [0, 0.05) is 6.54 Å². The van der Waals surface area contributed by atoms with Crippen LogP contribution in [-0.2, 0) is 0 Å². The van der Waals surface area contributed by atoms with Gasteiger partial charge >= 0.3 is 0 Å². The summed E-state index contributed by atoms with van der Waals surface area (Å²) in [5, 5.41) is 4.44. The molecule has 1 aliphatic rings. The zero-order valence-electron chi connectivity index (χ0n) is 11.5. The molecule has 0 amide bonds. The van der Waals surface area contributed by atoms with E-state index in [0.29, 0.717) is 11.2 Å². The van der Waals surface area contributed by atoms with E-state index in [1.165, 1.54) is 37.2 Å². The molecule has 3 N–H and O–H groups in total. The molecule has 0 atom stereocenters. The van der Waals surface area contributed by atoms with Gasteiger partial charge in [-0.3, -0.25) is 0 Å². The number of nitrogens with one attached hydrogen (secondary N) is 1. The molecule has 1 aromatic rings. The standard InChI is InChI=1S/C13H23N3OS/c1-9(2)17-10-11(14)16-18-12(10)15-8-13(3)6-4-5-7-13/h9,15H,4-8H2,1-3H3,(H2,14,16). The molecule has 1 fully saturated rings. The average molecular weight is 269 g/mol. The first kappa shape index (κ1) is 13.5. The first-order valence-electron chi connectivity index (χ1n) is 6.66. The van der Waals surface area contributed by atoms with E-state index < -0.39 is 0 Å². The summed E-state index contributed by atoms with van der Waals surface area (Å²) in [5.74, 6) is 1.21. The molecule has 2 rings (SSSR count). The monoisotopic (exact) mass is 269 g/mol. The lowest BCUT2D eigenvalue weighted by Gasteiger charge is -2.24. The Morgan fingerprint density at radius 3 is 2.72 bits per heavy atom. The fraction of sp³-hybridized carbons (Fsp3) is 0.769. The molecular formula is C13H23N3OS. The van der Waals surface area contributed by atoms with Crippen molar-refractivity contribution in [1.29, 1.82) is 0 Å². The smallest absolute Gasteiger partial charge is 0.197 e. The Kier molecular flexibility index (Phi) is 4.00. The minimum atomic E-state index is 0.117. The zero-order chi connectivity index (χ0) is 13.2. The number of nitrogen functional groups attached to an aromatic ring is 1. The van der Waals surface area contributed by atoms with Crippen LogP contribution in [0.5, 0.6) is 5.75 Å². The maximum absolute atomic E-state index is 5.84. The molecule has 0 radical (unpaired) electrons. The third-order valence-corrected chi connectivity index (χ3v) is 4.31. The van der Waals surface area contributed by atoms with E-state index in [-0.39, 0.29) is 6.10 Å². The molecule has 1 aromatic heterocycles. The average Bonchev–Trinajstić information content (AvgIpc) is 2.86. The third kappa shape index (κ3) is 3.07. The fourth-order valence-electron chi connectivity index (χ4n) is 2.46. The van der Waals surface area contributed by atoms with E-state index in [4.69, 9.17) is 10.5 Å². The number of hydrogen-bond donors (Lipinski definition) is 2. The minimum Gasteiger partial charge on any atom is -0.484 e. The first-order valence-corrected chi connectivity index (χ1v) is 7.43. The lowest BCUT2D eigenvalue weighted by Crippen LogP contribution is -2.23. The summed E-state index contributed by atoms with van der Waals surface area (Å²) in [4.78, 5) is 0. The van der Waals surface area contributed by atoms with Crippen LogP contribution in [0.25, 0.3) is 0 Å². The van der Waals surface area contributed by atoms with E-state index >= 15 is 0 Å². The Bertz CT molecular complexity index is 397. The number of ether oxygens (including phenoxy) is 1. The largest absolute Gasteiger partial charge is 0.484 e. The van der Waals surface area contributed by atoms with Gasteiger partial charge in [-0.05, 0) is 43.6 Å². The molecule has 0 aliphatic heterocycles. The summed E-state index contributed by atoms with van der Waals surface area (Å²) in [6.07, 6.45) is 5.41. The molecule has 102 valence electrons. The maximum Gasteiger partial charge on any atom is 0.197 e. The van der Waals surface area contributed by atoms with Gasteiger partial charge in [-0.1, -0.05) is 19.8 Å². The molecule has 1 saturated carbocycles. The van der Waals surface area contributed by atoms with Crippen LogP contribution in [0.4, 0.5) is 10.8 Å². The van der Waals surface area contributed by atoms with Gasteiger partial charge in [0.2, 0.25) is 0 Å². The van der Waals surface area contributed by atoms with Crippen LogP contribution in [0.2, 0.25) is 0 Å². The molecule has 0 unspecified atom stereocenters. The molecular weight excluding hydrogens is 246 g/mol. The van der Waals surface area contributed by atoms with Gasteiger partial charge in [-0.15, -0.1) is 0 Å². The van der Waals surface area contributed by atoms with Crippen molar-refractivity contribution in [3.63, 3.8) is 0 Å². The van der Waals surface area contributed by atoms with Crippen LogP contribution in [0.15, 0.2) is 0 Å². The van der Waals surface area contributed by atoms with Crippen molar-refractivity contribution in [2.45, 2.75) is 52.6 Å². The van der Waals surface area contributed by atoms with Gasteiger partial charge in [0.25, 0.3) is 0 Å². The fourth-order valence-corrected chi connectivity index (χ4v) is 3.10. The Morgan fingerprint density at radius 2 is 2.11 bits per heavy atom. The van der Waals surface area contributed by atoms with Crippen molar-refractivity contribution in [3.05, 3.63) is 0 Å². The van der Waals surface area contributed by atoms with E-state index in [1.54, 1.807) is 0 Å². The Morgan fingerprint density at radius 1 is 1.44 bits per heavy atom. The minimum absolute atomic E-state index is 0.117. The Labute approximate surface area is 113 Å². The predicted octanol–water partition coefficient (Wildman–Crippen LogP) is 3.50. The highest BCUT2D eigenvalue weighted by atomic mass is 32.1. The summed E-state index contributed by atoms with van der Waals surface area (Å²) < 4.78 is 9.89. The molecule has 0 aromatic carbocycles. The lowest BCUT2D eigenvalue weighted by atomic mass is 9.89. The summed E-state index contributed by atoms with van der Waals surface area (Å²) in [7, 11) is 0. The van der Waals surface area contributed by atoms with Gasteiger partial charge < -0.3 is 15.8 Å². The second-order valence-corrected chi connectivity index (χ2v) is 6.54. The van der Waals surface area contributed by atoms with Crippen molar-refractivity contribution in [2.24, 2.45) is 5.41 Å². The summed E-state index contributed by atoms with van der Waals surface area (Å²) >= 11 is 1.39. The molecule has 0 saturated heterocycles. The number of nitrogens with zero attached hydrogens (tertiary/aromatic N) is 1. The number of rotatable bonds is 5. The number of hydrogen-bond acceptors (Lipinski definition) is 5. The van der Waals surface area contributed by atoms with Crippen LogP contribution >= 0.6 is 11.5 Å². The van der Waals surface area contributed by atoms with Crippen molar-refractivity contribution in [1.82, 2.24) is 4.37 Å². The maximum atomic E-state index is 5.84. The molecule has 1 heterocycles. The highest BCUT2D eigenvalue weighted by molar-refractivity contribution is 7.11. The topological polar surface area (TPSA) is 60.2 Å². The first-order chi connectivity index (χ1) is 8.50. The van der Waals surface area contributed by atoms with Crippen LogP contribution in [0, 0.1) is 5.41 Å². The molecule has 4 nitrogen and oxygen atoms in total. The SMILES string of the molecule is CC(C)Oc1c(N)nsc1NCC1(C)CCCC1. The van der Waals surface area contributed by atoms with Gasteiger partial charge in [0.15, 0.2) is 16.6 Å². The summed E-state index contributed by atoms with van der Waals surface area (Å²) in [5.41, 5.74) is 6.25. The third-order valence-electron chi connectivity index (χ3n) is 3.51. The number of anilines is 2. The van der Waals surface area contributed by atoms with Crippen LogP contribution in [0.1, 0.15) is 46.5 Å². The second kappa shape index (κ2) is 5.34. The quantitative estimate of drug-likeness (QED) is 0.859. The van der Waals surface area contributed by atoms with Crippen LogP contribution in [-0.4, -0.2) is 17.0 Å². The van der Waals surface area contributed by atoms with Gasteiger partial charge in [-0.2, -0.15) is 4.37 Å². The second-order valence-electron chi connectivity index (χ2n) is 5.76. The summed E-state index contributed by atoms with van der Waals surface area (Å²) in [6, 6.07) is 0. The highest BCUT2D eigenvalue weighted by Crippen LogP contribution is 2.40. The van der Waals surface area contributed by atoms with Gasteiger partial charge in [-0.25, -0.2) is 0 Å². The highest BCUT2D eigenvalue weighted by Gasteiger charge is 2.29. The molecule has 5 heteroatoms. The van der Waals surface area contributed by atoms with E-state index in [2.05, 4.69) is 16.6 Å². The molecule has 0 bridgehead atoms. The van der Waals surface area contributed by atoms with Crippen molar-refractivity contribution < 1.29 is 4.74 Å².